The van der Waals surface area contributed by atoms with Gasteiger partial charge >= 0.3 is 5.97 Å². The van der Waals surface area contributed by atoms with Crippen LogP contribution in [0, 0.1) is 0 Å². The predicted molar refractivity (Wildman–Crippen MR) is 68.1 cm³/mol. The van der Waals surface area contributed by atoms with Crippen LogP contribution in [0.15, 0.2) is 30.5 Å². The minimum atomic E-state index is -2.67. The summed E-state index contributed by atoms with van der Waals surface area (Å²) in [7, 11) is 0. The highest BCUT2D eigenvalue weighted by Crippen LogP contribution is 2.18. The van der Waals surface area contributed by atoms with Crippen molar-refractivity contribution in [2.24, 2.45) is 5.73 Å². The quantitative estimate of drug-likeness (QED) is 0.521. The zero-order valence-electron chi connectivity index (χ0n) is 9.79. The zero-order valence-corrected chi connectivity index (χ0v) is 10.6. The molecule has 0 fully saturated rings. The number of hydrogen-bond acceptors (Lipinski definition) is 5. The monoisotopic (exact) mass is 282 g/mol. The maximum Gasteiger partial charge on any atom is 0.342 e. The molecular formula is C11H12N3O4S-. The second-order valence-corrected chi connectivity index (χ2v) is 4.55. The zero-order chi connectivity index (χ0) is 13.8. The molecule has 1 aromatic carbocycles. The van der Waals surface area contributed by atoms with Crippen LogP contribution >= 0.6 is 0 Å². The molecule has 2 rings (SSSR count). The summed E-state index contributed by atoms with van der Waals surface area (Å²) in [5.74, 6) is -0.838. The minimum absolute atomic E-state index is 0.246. The third kappa shape index (κ3) is 3.38. The summed E-state index contributed by atoms with van der Waals surface area (Å²) in [5.41, 5.74) is 7.46. The number of carbonyl (C=O) groups is 1. The topological polar surface area (TPSA) is 120 Å². The van der Waals surface area contributed by atoms with Gasteiger partial charge in [-0.2, -0.15) is 0 Å². The van der Waals surface area contributed by atoms with Gasteiger partial charge < -0.3 is 20.1 Å². The van der Waals surface area contributed by atoms with E-state index in [1.807, 2.05) is 24.3 Å². The van der Waals surface area contributed by atoms with Crippen LogP contribution in [0.2, 0.25) is 0 Å². The number of carbonyl (C=O) groups excluding carboxylic acids is 1. The van der Waals surface area contributed by atoms with Gasteiger partial charge in [0.1, 0.15) is 6.04 Å². The highest BCUT2D eigenvalue weighted by Gasteiger charge is 2.17. The molecular weight excluding hydrogens is 270 g/mol. The van der Waals surface area contributed by atoms with Gasteiger partial charge in [0.2, 0.25) is 0 Å². The Bertz CT molecular complexity index is 613. The first kappa shape index (κ1) is 13.7. The van der Waals surface area contributed by atoms with E-state index in [4.69, 9.17) is 5.73 Å². The summed E-state index contributed by atoms with van der Waals surface area (Å²) in [6.45, 7) is 0. The van der Waals surface area contributed by atoms with Gasteiger partial charge in [-0.15, -0.1) is 0 Å². The smallest absolute Gasteiger partial charge is 0.342 e. The van der Waals surface area contributed by atoms with Crippen molar-refractivity contribution in [2.45, 2.75) is 12.5 Å². The molecule has 2 atom stereocenters. The molecule has 1 aromatic heterocycles. The fraction of sp³-hybridized carbons (Fsp3) is 0.182. The molecule has 0 amide bonds. The Balaban J connectivity index is 2.04. The molecule has 4 N–H and O–H groups in total. The van der Waals surface area contributed by atoms with Crippen molar-refractivity contribution in [1.29, 1.82) is 0 Å². The first-order valence-electron chi connectivity index (χ1n) is 5.44. The van der Waals surface area contributed by atoms with Crippen molar-refractivity contribution >= 4 is 28.1 Å². The molecule has 19 heavy (non-hydrogen) atoms. The first-order chi connectivity index (χ1) is 9.08. The van der Waals surface area contributed by atoms with E-state index in [9.17, 15) is 13.6 Å². The van der Waals surface area contributed by atoms with Crippen LogP contribution in [0.1, 0.15) is 5.56 Å². The van der Waals surface area contributed by atoms with Crippen molar-refractivity contribution in [1.82, 2.24) is 9.87 Å². The van der Waals surface area contributed by atoms with E-state index >= 15 is 0 Å². The summed E-state index contributed by atoms with van der Waals surface area (Å²) < 4.78 is 20.4. The molecule has 0 spiro atoms. The van der Waals surface area contributed by atoms with E-state index in [0.717, 1.165) is 16.5 Å². The molecule has 0 bridgehead atoms. The molecule has 7 nitrogen and oxygen atoms in total. The Hall–Kier alpha value is -1.74. The lowest BCUT2D eigenvalue weighted by molar-refractivity contribution is -0.148. The second-order valence-electron chi connectivity index (χ2n) is 3.91. The van der Waals surface area contributed by atoms with Crippen LogP contribution in [0.4, 0.5) is 0 Å². The normalized spacial score (nSPS) is 14.2. The number of fused-ring (bicyclic) bond motifs is 1. The third-order valence-electron chi connectivity index (χ3n) is 2.63. The molecule has 0 radical (unpaired) electrons. The lowest BCUT2D eigenvalue weighted by Crippen LogP contribution is -2.37. The summed E-state index contributed by atoms with van der Waals surface area (Å²) in [6.07, 6.45) is 2.01. The second kappa shape index (κ2) is 5.93. The number of aromatic amines is 1. The number of H-pyrrole nitrogens is 1. The summed E-state index contributed by atoms with van der Waals surface area (Å²) in [4.78, 5) is 20.3. The Morgan fingerprint density at radius 2 is 2.26 bits per heavy atom. The van der Waals surface area contributed by atoms with E-state index < -0.39 is 23.3 Å². The first-order valence-corrected chi connectivity index (χ1v) is 6.51. The van der Waals surface area contributed by atoms with Gasteiger partial charge in [-0.25, -0.2) is 4.79 Å². The average Bonchev–Trinajstić information content (AvgIpc) is 2.79. The van der Waals surface area contributed by atoms with Crippen LogP contribution in [0.25, 0.3) is 10.9 Å². The molecule has 8 heteroatoms. The number of benzene rings is 1. The average molecular weight is 282 g/mol. The Labute approximate surface area is 111 Å². The van der Waals surface area contributed by atoms with Crippen LogP contribution in [0.5, 0.6) is 0 Å². The predicted octanol–water partition coefficient (Wildman–Crippen LogP) is -0.120. The summed E-state index contributed by atoms with van der Waals surface area (Å²) in [6, 6.07) is 6.64. The number of para-hydroxylation sites is 1. The Morgan fingerprint density at radius 1 is 1.53 bits per heavy atom. The number of nitrogens with one attached hydrogen (secondary N) is 2. The van der Waals surface area contributed by atoms with E-state index in [1.165, 1.54) is 4.89 Å². The van der Waals surface area contributed by atoms with Crippen LogP contribution in [-0.4, -0.2) is 25.8 Å². The van der Waals surface area contributed by atoms with Gasteiger partial charge in [0, 0.05) is 23.5 Å². The van der Waals surface area contributed by atoms with E-state index in [-0.39, 0.29) is 6.42 Å². The maximum atomic E-state index is 11.4. The molecule has 2 aromatic rings. The summed E-state index contributed by atoms with van der Waals surface area (Å²) in [5, 5.41) is 0.964. The number of nitrogens with two attached hydrogens (primary N) is 1. The molecule has 0 saturated heterocycles. The minimum Gasteiger partial charge on any atom is -0.758 e. The van der Waals surface area contributed by atoms with Crippen molar-refractivity contribution in [3.8, 4) is 0 Å². The van der Waals surface area contributed by atoms with Gasteiger partial charge in [-0.05, 0) is 11.6 Å². The van der Waals surface area contributed by atoms with Gasteiger partial charge in [0.05, 0.1) is 11.3 Å². The fourth-order valence-corrected chi connectivity index (χ4v) is 1.92. The molecule has 1 unspecified atom stereocenters. The van der Waals surface area contributed by atoms with E-state index in [1.54, 1.807) is 6.20 Å². The highest BCUT2D eigenvalue weighted by atomic mass is 32.2. The summed E-state index contributed by atoms with van der Waals surface area (Å²) >= 11 is -2.67. The largest absolute Gasteiger partial charge is 0.758 e. The van der Waals surface area contributed by atoms with E-state index in [0.29, 0.717) is 0 Å². The van der Waals surface area contributed by atoms with Crippen LogP contribution < -0.4 is 10.6 Å². The molecule has 0 aliphatic rings. The number of hydrogen-bond donors (Lipinski definition) is 3. The van der Waals surface area contributed by atoms with Gasteiger partial charge in [-0.1, -0.05) is 23.1 Å². The lowest BCUT2D eigenvalue weighted by atomic mass is 10.1. The highest BCUT2D eigenvalue weighted by molar-refractivity contribution is 7.76. The Kier molecular flexibility index (Phi) is 4.27. The van der Waals surface area contributed by atoms with Crippen molar-refractivity contribution in [2.75, 3.05) is 0 Å². The molecule has 0 aliphatic heterocycles. The number of aromatic nitrogens is 1. The molecule has 102 valence electrons. The molecule has 1 heterocycles. The van der Waals surface area contributed by atoms with Gasteiger partial charge in [-0.3, -0.25) is 4.21 Å². The Morgan fingerprint density at radius 3 is 3.00 bits per heavy atom. The standard InChI is InChI=1S/C11H13N3O4S/c12-9(11(15)18-14-19(16)17)5-7-6-13-10-4-2-1-3-8(7)10/h1-4,6,9,13-14H,5,12H2,(H,16,17)/p-1/t9-/m0/s1. The van der Waals surface area contributed by atoms with Crippen molar-refractivity contribution < 1.29 is 18.4 Å². The third-order valence-corrected chi connectivity index (χ3v) is 2.85. The van der Waals surface area contributed by atoms with Gasteiger partial charge in [0.15, 0.2) is 0 Å². The van der Waals surface area contributed by atoms with Crippen LogP contribution in [-0.2, 0) is 27.3 Å². The molecule has 0 saturated carbocycles. The van der Waals surface area contributed by atoms with E-state index in [2.05, 4.69) is 9.82 Å². The van der Waals surface area contributed by atoms with Crippen molar-refractivity contribution in [3.63, 3.8) is 0 Å². The van der Waals surface area contributed by atoms with Crippen LogP contribution in [0.3, 0.4) is 0 Å². The SMILES string of the molecule is N[C@@H](Cc1c[nH]c2ccccc12)C(=O)ONS(=O)[O-]. The molecule has 0 aliphatic carbocycles. The lowest BCUT2D eigenvalue weighted by Gasteiger charge is -2.11. The van der Waals surface area contributed by atoms with Crippen molar-refractivity contribution in [3.05, 3.63) is 36.0 Å². The van der Waals surface area contributed by atoms with Gasteiger partial charge in [0.25, 0.3) is 0 Å². The maximum absolute atomic E-state index is 11.4. The number of rotatable bonds is 5. The fourth-order valence-electron chi connectivity index (χ4n) is 1.77.